The lowest BCUT2D eigenvalue weighted by Gasteiger charge is -2.27. The molecule has 2 unspecified atom stereocenters. The summed E-state index contributed by atoms with van der Waals surface area (Å²) in [7, 11) is -3.77. The van der Waals surface area contributed by atoms with Crippen molar-refractivity contribution in [2.75, 3.05) is 18.1 Å². The molecule has 202 valence electrons. The van der Waals surface area contributed by atoms with E-state index in [-0.39, 0.29) is 29.9 Å². The van der Waals surface area contributed by atoms with Crippen LogP contribution in [0, 0.1) is 11.7 Å². The predicted octanol–water partition coefficient (Wildman–Crippen LogP) is 1.11. The van der Waals surface area contributed by atoms with Crippen LogP contribution >= 0.6 is 0 Å². The SMILES string of the molecule is CC[C@H](NC(=O)C(CS(=O)(=O)CC1CC1)NCC(F)(F)Oc1ccc(F)cc1)C(O)C(=O)NC1CC1. The third-order valence-corrected chi connectivity index (χ3v) is 7.72. The van der Waals surface area contributed by atoms with Crippen LogP contribution < -0.4 is 20.7 Å². The number of benzene rings is 1. The molecule has 2 saturated carbocycles. The molecule has 9 nitrogen and oxygen atoms in total. The molecule has 0 aliphatic heterocycles. The van der Waals surface area contributed by atoms with Crippen molar-refractivity contribution in [3.05, 3.63) is 30.1 Å². The maximum atomic E-state index is 14.4. The third kappa shape index (κ3) is 9.25. The smallest absolute Gasteiger partial charge is 0.410 e. The van der Waals surface area contributed by atoms with Crippen LogP contribution in [0.15, 0.2) is 24.3 Å². The number of aliphatic hydroxyl groups excluding tert-OH is 1. The topological polar surface area (TPSA) is 134 Å². The second kappa shape index (κ2) is 11.8. The van der Waals surface area contributed by atoms with Crippen molar-refractivity contribution < 1.29 is 41.0 Å². The van der Waals surface area contributed by atoms with Crippen molar-refractivity contribution in [3.8, 4) is 5.75 Å². The molecule has 2 aliphatic rings. The zero-order chi connectivity index (χ0) is 26.5. The molecule has 0 aromatic heterocycles. The van der Waals surface area contributed by atoms with Gasteiger partial charge in [0, 0.05) is 6.04 Å². The first-order chi connectivity index (χ1) is 16.9. The molecule has 0 radical (unpaired) electrons. The van der Waals surface area contributed by atoms with Crippen molar-refractivity contribution in [2.45, 2.75) is 69.4 Å². The van der Waals surface area contributed by atoms with Gasteiger partial charge in [-0.2, -0.15) is 8.78 Å². The van der Waals surface area contributed by atoms with E-state index in [9.17, 15) is 36.3 Å². The van der Waals surface area contributed by atoms with Gasteiger partial charge in [0.15, 0.2) is 15.9 Å². The molecule has 3 atom stereocenters. The Kier molecular flexibility index (Phi) is 9.23. The molecule has 0 saturated heterocycles. The number of carbonyl (C=O) groups excluding carboxylic acids is 2. The van der Waals surface area contributed by atoms with E-state index >= 15 is 0 Å². The number of halogens is 3. The summed E-state index contributed by atoms with van der Waals surface area (Å²) in [5.41, 5.74) is 0. The van der Waals surface area contributed by atoms with Gasteiger partial charge in [0.05, 0.1) is 17.5 Å². The summed E-state index contributed by atoms with van der Waals surface area (Å²) in [5, 5.41) is 17.7. The number of hydrogen-bond acceptors (Lipinski definition) is 7. The molecule has 0 heterocycles. The second-order valence-electron chi connectivity index (χ2n) is 9.40. The van der Waals surface area contributed by atoms with Gasteiger partial charge in [0.25, 0.3) is 5.91 Å². The second-order valence-corrected chi connectivity index (χ2v) is 11.6. The molecular formula is C23H32F3N3O6S. The van der Waals surface area contributed by atoms with Gasteiger partial charge in [-0.3, -0.25) is 14.9 Å². The van der Waals surface area contributed by atoms with Crippen molar-refractivity contribution in [1.82, 2.24) is 16.0 Å². The van der Waals surface area contributed by atoms with Crippen LogP contribution in [0.25, 0.3) is 0 Å². The first-order valence-corrected chi connectivity index (χ1v) is 13.7. The number of nitrogens with one attached hydrogen (secondary N) is 3. The van der Waals surface area contributed by atoms with E-state index in [0.717, 1.165) is 49.9 Å². The summed E-state index contributed by atoms with van der Waals surface area (Å²) < 4.78 is 71.6. The highest BCUT2D eigenvalue weighted by atomic mass is 32.2. The van der Waals surface area contributed by atoms with E-state index in [2.05, 4.69) is 20.7 Å². The maximum Gasteiger partial charge on any atom is 0.410 e. The molecular weight excluding hydrogens is 503 g/mol. The summed E-state index contributed by atoms with van der Waals surface area (Å²) in [6.07, 6.45) is -2.24. The van der Waals surface area contributed by atoms with Crippen LogP contribution in [-0.4, -0.2) is 73.7 Å². The monoisotopic (exact) mass is 535 g/mol. The molecule has 1 aromatic rings. The Morgan fingerprint density at radius 1 is 1.14 bits per heavy atom. The number of amides is 2. The zero-order valence-corrected chi connectivity index (χ0v) is 20.7. The van der Waals surface area contributed by atoms with Gasteiger partial charge in [0.1, 0.15) is 24.2 Å². The van der Waals surface area contributed by atoms with Gasteiger partial charge in [-0.1, -0.05) is 6.92 Å². The average Bonchev–Trinajstić information content (AvgIpc) is 3.73. The van der Waals surface area contributed by atoms with Gasteiger partial charge in [-0.05, 0) is 62.3 Å². The Labute approximate surface area is 208 Å². The normalized spacial score (nSPS) is 18.7. The first-order valence-electron chi connectivity index (χ1n) is 11.9. The number of alkyl halides is 2. The van der Waals surface area contributed by atoms with Crippen LogP contribution in [0.1, 0.15) is 39.0 Å². The molecule has 0 bridgehead atoms. The molecule has 2 amide bonds. The largest absolute Gasteiger partial charge is 0.432 e. The van der Waals surface area contributed by atoms with E-state index in [4.69, 9.17) is 0 Å². The highest BCUT2D eigenvalue weighted by Gasteiger charge is 2.38. The quantitative estimate of drug-likeness (QED) is 0.264. The maximum absolute atomic E-state index is 14.4. The van der Waals surface area contributed by atoms with Gasteiger partial charge in [-0.25, -0.2) is 12.8 Å². The Morgan fingerprint density at radius 3 is 2.33 bits per heavy atom. The van der Waals surface area contributed by atoms with Crippen LogP contribution in [0.3, 0.4) is 0 Å². The number of rotatable bonds is 15. The Balaban J connectivity index is 1.66. The average molecular weight is 536 g/mol. The lowest BCUT2D eigenvalue weighted by Crippen LogP contribution is -2.57. The summed E-state index contributed by atoms with van der Waals surface area (Å²) in [5.74, 6) is -3.50. The molecule has 0 spiro atoms. The van der Waals surface area contributed by atoms with Crippen molar-refractivity contribution in [2.24, 2.45) is 5.92 Å². The van der Waals surface area contributed by atoms with Crippen molar-refractivity contribution in [1.29, 1.82) is 0 Å². The molecule has 1 aromatic carbocycles. The van der Waals surface area contributed by atoms with E-state index in [1.807, 2.05) is 0 Å². The minimum absolute atomic E-state index is 0.0155. The van der Waals surface area contributed by atoms with Crippen molar-refractivity contribution in [3.63, 3.8) is 0 Å². The fourth-order valence-electron chi connectivity index (χ4n) is 3.53. The van der Waals surface area contributed by atoms with E-state index < -0.39 is 64.1 Å². The van der Waals surface area contributed by atoms with Crippen LogP contribution in [0.4, 0.5) is 13.2 Å². The fraction of sp³-hybridized carbons (Fsp3) is 0.652. The van der Waals surface area contributed by atoms with Gasteiger partial charge < -0.3 is 20.5 Å². The zero-order valence-electron chi connectivity index (χ0n) is 19.9. The third-order valence-electron chi connectivity index (χ3n) is 5.90. The Morgan fingerprint density at radius 2 is 1.78 bits per heavy atom. The predicted molar refractivity (Wildman–Crippen MR) is 125 cm³/mol. The van der Waals surface area contributed by atoms with Crippen molar-refractivity contribution >= 4 is 21.7 Å². The van der Waals surface area contributed by atoms with E-state index in [1.54, 1.807) is 6.92 Å². The lowest BCUT2D eigenvalue weighted by atomic mass is 10.1. The van der Waals surface area contributed by atoms with E-state index in [0.29, 0.717) is 0 Å². The molecule has 2 aliphatic carbocycles. The fourth-order valence-corrected chi connectivity index (χ4v) is 5.50. The van der Waals surface area contributed by atoms with Gasteiger partial charge in [0.2, 0.25) is 5.91 Å². The molecule has 4 N–H and O–H groups in total. The van der Waals surface area contributed by atoms with Crippen LogP contribution in [-0.2, 0) is 19.4 Å². The highest BCUT2D eigenvalue weighted by molar-refractivity contribution is 7.91. The molecule has 2 fully saturated rings. The minimum Gasteiger partial charge on any atom is -0.432 e. The van der Waals surface area contributed by atoms with Gasteiger partial charge in [-0.15, -0.1) is 0 Å². The standard InChI is InChI=1S/C23H32F3N3O6S/c1-2-18(20(30)22(32)28-16-7-8-16)29-21(31)19(12-36(33,34)11-14-3-4-14)27-13-23(25,26)35-17-9-5-15(24)6-10-17/h5-6,9-10,14,16,18-20,27,30H,2-4,7-8,11-13H2,1H3,(H,28,32)(H,29,31)/t18-,19?,20?/m0/s1. The highest BCUT2D eigenvalue weighted by Crippen LogP contribution is 2.30. The minimum atomic E-state index is -3.86. The van der Waals surface area contributed by atoms with E-state index in [1.165, 1.54) is 0 Å². The summed E-state index contributed by atoms with van der Waals surface area (Å²) >= 11 is 0. The Hall–Kier alpha value is -2.38. The number of hydrogen-bond donors (Lipinski definition) is 4. The lowest BCUT2D eigenvalue weighted by molar-refractivity contribution is -0.172. The number of ether oxygens (including phenoxy) is 1. The summed E-state index contributed by atoms with van der Waals surface area (Å²) in [6, 6.07) is 1.23. The first kappa shape index (κ1) is 28.2. The number of aliphatic hydroxyl groups is 1. The van der Waals surface area contributed by atoms with Crippen LogP contribution in [0.2, 0.25) is 0 Å². The molecule has 36 heavy (non-hydrogen) atoms. The molecule has 3 rings (SSSR count). The molecule has 13 heteroatoms. The number of carbonyl (C=O) groups is 2. The van der Waals surface area contributed by atoms with Gasteiger partial charge >= 0.3 is 6.11 Å². The van der Waals surface area contributed by atoms with Crippen LogP contribution in [0.5, 0.6) is 5.75 Å². The summed E-state index contributed by atoms with van der Waals surface area (Å²) in [6.45, 7) is 0.387. The Bertz CT molecular complexity index is 1020. The summed E-state index contributed by atoms with van der Waals surface area (Å²) in [4.78, 5) is 25.1. The number of sulfone groups is 1.